The molecule has 0 aliphatic carbocycles. The van der Waals surface area contributed by atoms with Crippen LogP contribution in [0.5, 0.6) is 11.5 Å². The van der Waals surface area contributed by atoms with E-state index in [-0.39, 0.29) is 12.5 Å². The van der Waals surface area contributed by atoms with Gasteiger partial charge in [-0.2, -0.15) is 0 Å². The summed E-state index contributed by atoms with van der Waals surface area (Å²) in [6.07, 6.45) is 1.27. The summed E-state index contributed by atoms with van der Waals surface area (Å²) >= 11 is 0. The lowest BCUT2D eigenvalue weighted by atomic mass is 10.1. The molecule has 0 radical (unpaired) electrons. The van der Waals surface area contributed by atoms with Gasteiger partial charge in [-0.3, -0.25) is 4.79 Å². The highest BCUT2D eigenvalue weighted by Crippen LogP contribution is 2.30. The second-order valence-corrected chi connectivity index (χ2v) is 5.75. The van der Waals surface area contributed by atoms with Crippen molar-refractivity contribution in [2.75, 3.05) is 13.2 Å². The molecule has 4 nitrogen and oxygen atoms in total. The van der Waals surface area contributed by atoms with E-state index in [4.69, 9.17) is 9.47 Å². The Morgan fingerprint density at radius 3 is 2.83 bits per heavy atom. The molecule has 1 N–H and O–H groups in total. The summed E-state index contributed by atoms with van der Waals surface area (Å²) < 4.78 is 11.2. The second kappa shape index (κ2) is 7.18. The lowest BCUT2D eigenvalue weighted by Crippen LogP contribution is -2.44. The van der Waals surface area contributed by atoms with Gasteiger partial charge in [0.25, 0.3) is 5.91 Å². The van der Waals surface area contributed by atoms with Gasteiger partial charge in [0.05, 0.1) is 0 Å². The fourth-order valence-corrected chi connectivity index (χ4v) is 2.63. The Morgan fingerprint density at radius 1 is 1.17 bits per heavy atom. The van der Waals surface area contributed by atoms with E-state index in [1.165, 1.54) is 11.1 Å². The number of benzene rings is 2. The van der Waals surface area contributed by atoms with Crippen molar-refractivity contribution in [3.63, 3.8) is 0 Å². The number of hydrogen-bond acceptors (Lipinski definition) is 3. The van der Waals surface area contributed by atoms with E-state index in [0.717, 1.165) is 12.8 Å². The largest absolute Gasteiger partial charge is 0.485 e. The number of nitrogens with one attached hydrogen (secondary N) is 1. The highest BCUT2D eigenvalue weighted by Gasteiger charge is 2.26. The number of carbonyl (C=O) groups excluding carboxylic acids is 1. The summed E-state index contributed by atoms with van der Waals surface area (Å²) in [6.45, 7) is 2.97. The second-order valence-electron chi connectivity index (χ2n) is 5.75. The molecule has 1 atom stereocenters. The highest BCUT2D eigenvalue weighted by molar-refractivity contribution is 5.81. The van der Waals surface area contributed by atoms with Gasteiger partial charge in [0.1, 0.15) is 6.61 Å². The maximum Gasteiger partial charge on any atom is 0.264 e. The molecule has 1 amide bonds. The minimum Gasteiger partial charge on any atom is -0.485 e. The first-order valence-electron chi connectivity index (χ1n) is 7.94. The molecule has 0 bridgehead atoms. The zero-order valence-electron chi connectivity index (χ0n) is 13.2. The average molecular weight is 311 g/mol. The first-order chi connectivity index (χ1) is 11.2. The molecule has 1 heterocycles. The van der Waals surface area contributed by atoms with E-state index in [1.807, 2.05) is 24.3 Å². The fraction of sp³-hybridized carbons (Fsp3) is 0.316. The zero-order chi connectivity index (χ0) is 16.1. The van der Waals surface area contributed by atoms with Crippen molar-refractivity contribution in [3.05, 3.63) is 59.7 Å². The van der Waals surface area contributed by atoms with Crippen molar-refractivity contribution in [2.45, 2.75) is 25.9 Å². The molecule has 4 heteroatoms. The summed E-state index contributed by atoms with van der Waals surface area (Å²) in [6, 6.07) is 15.8. The maximum atomic E-state index is 12.2. The van der Waals surface area contributed by atoms with Crippen LogP contribution < -0.4 is 14.8 Å². The summed E-state index contributed by atoms with van der Waals surface area (Å²) in [7, 11) is 0. The highest BCUT2D eigenvalue weighted by atomic mass is 16.6. The van der Waals surface area contributed by atoms with Crippen LogP contribution >= 0.6 is 0 Å². The molecule has 0 fully saturated rings. The monoisotopic (exact) mass is 311 g/mol. The number of para-hydroxylation sites is 2. The third-order valence-electron chi connectivity index (χ3n) is 3.82. The molecule has 1 aliphatic heterocycles. The Balaban J connectivity index is 1.43. The summed E-state index contributed by atoms with van der Waals surface area (Å²) in [4.78, 5) is 12.2. The summed E-state index contributed by atoms with van der Waals surface area (Å²) in [5.41, 5.74) is 2.56. The first-order valence-corrected chi connectivity index (χ1v) is 7.94. The summed E-state index contributed by atoms with van der Waals surface area (Å²) in [5, 5.41) is 2.92. The number of hydrogen-bond donors (Lipinski definition) is 1. The SMILES string of the molecule is Cc1cccc(CCCNC(=O)C2COc3ccccc3O2)c1. The molecule has 0 saturated carbocycles. The van der Waals surface area contributed by atoms with Crippen LogP contribution in [0.2, 0.25) is 0 Å². The number of amides is 1. The molecule has 120 valence electrons. The number of carbonyl (C=O) groups is 1. The van der Waals surface area contributed by atoms with E-state index in [2.05, 4.69) is 36.5 Å². The predicted octanol–water partition coefficient (Wildman–Crippen LogP) is 2.88. The maximum absolute atomic E-state index is 12.2. The van der Waals surface area contributed by atoms with E-state index in [0.29, 0.717) is 18.0 Å². The molecule has 2 aromatic carbocycles. The van der Waals surface area contributed by atoms with Crippen molar-refractivity contribution < 1.29 is 14.3 Å². The number of rotatable bonds is 5. The first kappa shape index (κ1) is 15.4. The van der Waals surface area contributed by atoms with E-state index < -0.39 is 6.10 Å². The standard InChI is InChI=1S/C19H21NO3/c1-14-6-4-7-15(12-14)8-5-11-20-19(21)18-13-22-16-9-2-3-10-17(16)23-18/h2-4,6-7,9-10,12,18H,5,8,11,13H2,1H3,(H,20,21). The summed E-state index contributed by atoms with van der Waals surface area (Å²) in [5.74, 6) is 1.19. The molecule has 2 aromatic rings. The van der Waals surface area contributed by atoms with Gasteiger partial charge < -0.3 is 14.8 Å². The Hall–Kier alpha value is -2.49. The van der Waals surface area contributed by atoms with Gasteiger partial charge >= 0.3 is 0 Å². The van der Waals surface area contributed by atoms with Gasteiger partial charge in [-0.05, 0) is 37.5 Å². The van der Waals surface area contributed by atoms with Crippen LogP contribution in [0, 0.1) is 6.92 Å². The third-order valence-corrected chi connectivity index (χ3v) is 3.82. The normalized spacial score (nSPS) is 16.0. The number of fused-ring (bicyclic) bond motifs is 1. The van der Waals surface area contributed by atoms with Crippen LogP contribution in [0.25, 0.3) is 0 Å². The van der Waals surface area contributed by atoms with Crippen molar-refractivity contribution in [1.82, 2.24) is 5.32 Å². The van der Waals surface area contributed by atoms with Crippen LogP contribution in [0.1, 0.15) is 17.5 Å². The molecule has 0 saturated heterocycles. The van der Waals surface area contributed by atoms with Crippen molar-refractivity contribution in [3.8, 4) is 11.5 Å². The predicted molar refractivity (Wildman–Crippen MR) is 88.9 cm³/mol. The molecule has 1 aliphatic rings. The number of aryl methyl sites for hydroxylation is 2. The minimum absolute atomic E-state index is 0.122. The Bertz CT molecular complexity index is 684. The lowest BCUT2D eigenvalue weighted by molar-refractivity contribution is -0.130. The van der Waals surface area contributed by atoms with Crippen molar-refractivity contribution in [2.24, 2.45) is 0 Å². The molecular formula is C19H21NO3. The molecule has 0 spiro atoms. The lowest BCUT2D eigenvalue weighted by Gasteiger charge is -2.25. The van der Waals surface area contributed by atoms with Gasteiger partial charge in [0.15, 0.2) is 11.5 Å². The Morgan fingerprint density at radius 2 is 2.00 bits per heavy atom. The Kier molecular flexibility index (Phi) is 4.81. The molecule has 1 unspecified atom stereocenters. The van der Waals surface area contributed by atoms with Crippen LogP contribution in [-0.4, -0.2) is 25.2 Å². The third kappa shape index (κ3) is 4.03. The molecule has 0 aromatic heterocycles. The molecule has 23 heavy (non-hydrogen) atoms. The van der Waals surface area contributed by atoms with Gasteiger partial charge in [-0.15, -0.1) is 0 Å². The smallest absolute Gasteiger partial charge is 0.264 e. The van der Waals surface area contributed by atoms with Crippen molar-refractivity contribution >= 4 is 5.91 Å². The molecular weight excluding hydrogens is 290 g/mol. The fourth-order valence-electron chi connectivity index (χ4n) is 2.63. The van der Waals surface area contributed by atoms with Crippen LogP contribution in [-0.2, 0) is 11.2 Å². The van der Waals surface area contributed by atoms with E-state index in [1.54, 1.807) is 0 Å². The van der Waals surface area contributed by atoms with Gasteiger partial charge in [0.2, 0.25) is 6.10 Å². The topological polar surface area (TPSA) is 47.6 Å². The van der Waals surface area contributed by atoms with E-state index in [9.17, 15) is 4.79 Å². The van der Waals surface area contributed by atoms with Crippen LogP contribution in [0.15, 0.2) is 48.5 Å². The molecule has 3 rings (SSSR count). The number of ether oxygens (including phenoxy) is 2. The van der Waals surface area contributed by atoms with Gasteiger partial charge in [-0.1, -0.05) is 42.0 Å². The zero-order valence-corrected chi connectivity index (χ0v) is 13.2. The van der Waals surface area contributed by atoms with E-state index >= 15 is 0 Å². The van der Waals surface area contributed by atoms with Crippen molar-refractivity contribution in [1.29, 1.82) is 0 Å². The van der Waals surface area contributed by atoms with Crippen LogP contribution in [0.3, 0.4) is 0 Å². The van der Waals surface area contributed by atoms with Gasteiger partial charge in [-0.25, -0.2) is 0 Å². The quantitative estimate of drug-likeness (QED) is 0.864. The van der Waals surface area contributed by atoms with Gasteiger partial charge in [0, 0.05) is 6.54 Å². The Labute approximate surface area is 136 Å². The van der Waals surface area contributed by atoms with Crippen LogP contribution in [0.4, 0.5) is 0 Å². The average Bonchev–Trinajstić information content (AvgIpc) is 2.58. The minimum atomic E-state index is -0.580.